The van der Waals surface area contributed by atoms with Gasteiger partial charge in [0.1, 0.15) is 0 Å². The summed E-state index contributed by atoms with van der Waals surface area (Å²) in [4.78, 5) is 0. The normalized spacial score (nSPS) is 15.5. The van der Waals surface area contributed by atoms with Gasteiger partial charge in [0.2, 0.25) is 0 Å². The molecule has 0 amide bonds. The Kier molecular flexibility index (Phi) is 9.80. The van der Waals surface area contributed by atoms with Gasteiger partial charge in [0.25, 0.3) is 0 Å². The van der Waals surface area contributed by atoms with E-state index in [2.05, 4.69) is 41.2 Å². The van der Waals surface area contributed by atoms with Crippen molar-refractivity contribution in [2.24, 2.45) is 0 Å². The Hall–Kier alpha value is 0.774. The van der Waals surface area contributed by atoms with Crippen LogP contribution in [0.2, 0.25) is 0 Å². The molecule has 0 nitrogen and oxygen atoms in total. The Morgan fingerprint density at radius 3 is 1.79 bits per heavy atom. The predicted molar refractivity (Wildman–Crippen MR) is 49.5 cm³/mol. The van der Waals surface area contributed by atoms with E-state index < -0.39 is 0 Å². The number of hydrogen-bond acceptors (Lipinski definition) is 0. The summed E-state index contributed by atoms with van der Waals surface area (Å²) >= 11 is 2.29. The van der Waals surface area contributed by atoms with Crippen molar-refractivity contribution in [2.75, 3.05) is 0 Å². The Bertz CT molecular complexity index is 242. The van der Waals surface area contributed by atoms with Crippen LogP contribution in [0, 0.1) is 0 Å². The van der Waals surface area contributed by atoms with Gasteiger partial charge in [-0.3, -0.25) is 0 Å². The van der Waals surface area contributed by atoms with Crippen LogP contribution in [-0.4, -0.2) is 0 Å². The van der Waals surface area contributed by atoms with Crippen LogP contribution in [0.4, 0.5) is 0 Å². The minimum atomic E-state index is 0. The van der Waals surface area contributed by atoms with Gasteiger partial charge in [0.15, 0.2) is 0 Å². The molecule has 0 aliphatic heterocycles. The van der Waals surface area contributed by atoms with Crippen LogP contribution < -0.4 is 24.8 Å². The van der Waals surface area contributed by atoms with Crippen LogP contribution in [0.5, 0.6) is 0 Å². The molecule has 0 aromatic heterocycles. The summed E-state index contributed by atoms with van der Waals surface area (Å²) in [5.74, 6) is 0. The fraction of sp³-hybridized carbons (Fsp3) is 0.636. The molecule has 1 aliphatic carbocycles. The molecular weight excluding hydrogens is 251 g/mol. The average Bonchev–Trinajstić information content (AvgIpc) is 2.40. The van der Waals surface area contributed by atoms with Crippen LogP contribution in [-0.2, 0) is 20.4 Å². The Morgan fingerprint density at radius 2 is 1.43 bits per heavy atom. The monoisotopic (exact) mass is 267 g/mol. The van der Waals surface area contributed by atoms with Crippen molar-refractivity contribution in [3.63, 3.8) is 0 Å². The molecule has 79 valence electrons. The zero-order valence-electron chi connectivity index (χ0n) is 9.08. The van der Waals surface area contributed by atoms with E-state index in [1.165, 1.54) is 25.7 Å². The van der Waals surface area contributed by atoms with Crippen molar-refractivity contribution >= 4 is 0 Å². The molecule has 0 aromatic carbocycles. The summed E-state index contributed by atoms with van der Waals surface area (Å²) in [5, 5.41) is 0. The smallest absolute Gasteiger partial charge is 1.00 e. The number of allylic oxidation sites excluding steroid dienone is 4. The Morgan fingerprint density at radius 1 is 0.929 bits per heavy atom. The first-order valence-electron chi connectivity index (χ1n) is 4.89. The summed E-state index contributed by atoms with van der Waals surface area (Å²) in [7, 11) is 0. The summed E-state index contributed by atoms with van der Waals surface area (Å²) in [5.41, 5.74) is 5.00. The fourth-order valence-corrected chi connectivity index (χ4v) is 2.90. The van der Waals surface area contributed by atoms with Crippen molar-refractivity contribution in [1.82, 2.24) is 0 Å². The third-order valence-corrected chi connectivity index (χ3v) is 3.43. The second-order valence-corrected chi connectivity index (χ2v) is 4.22. The van der Waals surface area contributed by atoms with Gasteiger partial charge >= 0.3 is 87.5 Å². The molecule has 0 heterocycles. The molecule has 0 saturated carbocycles. The third-order valence-electron chi connectivity index (χ3n) is 2.68. The molecule has 0 atom stereocenters. The van der Waals surface area contributed by atoms with E-state index in [1.54, 1.807) is 20.6 Å². The first kappa shape index (κ1) is 17.2. The number of hydrogen-bond donors (Lipinski definition) is 0. The van der Waals surface area contributed by atoms with E-state index >= 15 is 0 Å². The molecule has 0 aromatic rings. The summed E-state index contributed by atoms with van der Waals surface area (Å²) in [6.45, 7) is 6.82. The summed E-state index contributed by atoms with van der Waals surface area (Å²) in [6.07, 6.45) is 4.94. The van der Waals surface area contributed by atoms with Crippen molar-refractivity contribution in [2.45, 2.75) is 46.5 Å². The van der Waals surface area contributed by atoms with E-state index in [0.29, 0.717) is 0 Å². The molecule has 0 saturated heterocycles. The Labute approximate surface area is 112 Å². The second-order valence-electron chi connectivity index (χ2n) is 3.28. The zero-order valence-corrected chi connectivity index (χ0v) is 12.2. The molecule has 1 rings (SSSR count). The van der Waals surface area contributed by atoms with Crippen LogP contribution in [0.1, 0.15) is 46.5 Å². The minimum Gasteiger partial charge on any atom is -1.00 e. The van der Waals surface area contributed by atoms with E-state index in [1.807, 2.05) is 0 Å². The molecule has 0 unspecified atom stereocenters. The Balaban J connectivity index is 0. The van der Waals surface area contributed by atoms with Gasteiger partial charge in [-0.15, -0.1) is 0 Å². The fourth-order valence-electron chi connectivity index (χ4n) is 2.05. The molecule has 0 fully saturated rings. The van der Waals surface area contributed by atoms with E-state index in [-0.39, 0.29) is 24.8 Å². The largest absolute Gasteiger partial charge is 1.00 e. The topological polar surface area (TPSA) is 0 Å². The maximum atomic E-state index is 2.29. The second kappa shape index (κ2) is 7.99. The third kappa shape index (κ3) is 3.41. The number of rotatable bonds is 3. The van der Waals surface area contributed by atoms with Gasteiger partial charge < -0.3 is 24.8 Å². The SMILES string of the molecule is CCC1=C(CC)C(CC)=[C]([Ti+2])C1.[Cl-].[Cl-]. The van der Waals surface area contributed by atoms with Crippen molar-refractivity contribution in [1.29, 1.82) is 0 Å². The molecule has 0 spiro atoms. The summed E-state index contributed by atoms with van der Waals surface area (Å²) < 4.78 is 1.62. The van der Waals surface area contributed by atoms with Gasteiger partial charge in [-0.05, 0) is 0 Å². The van der Waals surface area contributed by atoms with Gasteiger partial charge in [-0.2, -0.15) is 0 Å². The van der Waals surface area contributed by atoms with Gasteiger partial charge in [0, 0.05) is 0 Å². The molecule has 3 heteroatoms. The maximum Gasteiger partial charge on any atom is -1.00 e. The molecule has 0 N–H and O–H groups in total. The summed E-state index contributed by atoms with van der Waals surface area (Å²) in [6, 6.07) is 0. The maximum absolute atomic E-state index is 2.29. The zero-order chi connectivity index (χ0) is 9.14. The molecule has 0 bridgehead atoms. The van der Waals surface area contributed by atoms with Crippen molar-refractivity contribution in [3.8, 4) is 0 Å². The van der Waals surface area contributed by atoms with Gasteiger partial charge in [-0.1, -0.05) is 0 Å². The van der Waals surface area contributed by atoms with Crippen molar-refractivity contribution < 1.29 is 45.2 Å². The van der Waals surface area contributed by atoms with E-state index in [4.69, 9.17) is 0 Å². The average molecular weight is 268 g/mol. The number of halogens is 2. The van der Waals surface area contributed by atoms with Crippen molar-refractivity contribution in [3.05, 3.63) is 20.6 Å². The quantitative estimate of drug-likeness (QED) is 0.506. The molecule has 14 heavy (non-hydrogen) atoms. The molecular formula is C11H17Cl2Ti. The van der Waals surface area contributed by atoms with Crippen LogP contribution >= 0.6 is 0 Å². The van der Waals surface area contributed by atoms with E-state index in [9.17, 15) is 0 Å². The van der Waals surface area contributed by atoms with Gasteiger partial charge in [0.05, 0.1) is 0 Å². The molecule has 1 aliphatic rings. The van der Waals surface area contributed by atoms with Crippen LogP contribution in [0.15, 0.2) is 20.6 Å². The minimum absolute atomic E-state index is 0. The molecule has 0 radical (unpaired) electrons. The van der Waals surface area contributed by atoms with Gasteiger partial charge in [-0.25, -0.2) is 0 Å². The first-order valence-corrected chi connectivity index (χ1v) is 5.67. The van der Waals surface area contributed by atoms with Crippen LogP contribution in [0.25, 0.3) is 0 Å². The van der Waals surface area contributed by atoms with Crippen LogP contribution in [0.3, 0.4) is 0 Å². The first-order chi connectivity index (χ1) is 5.74. The van der Waals surface area contributed by atoms with E-state index in [0.717, 1.165) is 0 Å². The standard InChI is InChI=1S/C11H17.2ClH.Ti/c1-4-9-7-8-10(5-2)11(9)6-3;;;/h4-7H2,1-3H3;2*1H;/q;;;+2/p-2. The predicted octanol–water partition coefficient (Wildman–Crippen LogP) is -2.27.